The van der Waals surface area contributed by atoms with Crippen LogP contribution in [0, 0.1) is 11.3 Å². The van der Waals surface area contributed by atoms with Crippen LogP contribution < -0.4 is 21.1 Å². The summed E-state index contributed by atoms with van der Waals surface area (Å²) in [5.41, 5.74) is 7.01. The first-order chi connectivity index (χ1) is 19.3. The Labute approximate surface area is 242 Å². The second-order valence-electron chi connectivity index (χ2n) is 12.6. The van der Waals surface area contributed by atoms with Crippen molar-refractivity contribution in [2.24, 2.45) is 17.1 Å². The van der Waals surface area contributed by atoms with Crippen molar-refractivity contribution in [2.75, 3.05) is 26.2 Å². The Morgan fingerprint density at radius 2 is 1.57 bits per heavy atom. The fraction of sp³-hybridized carbons (Fsp3) is 0.758. The van der Waals surface area contributed by atoms with Gasteiger partial charge in [-0.15, -0.1) is 0 Å². The number of carboxylic acid groups (broad SMARTS) is 1. The number of ether oxygens (including phenoxy) is 1. The smallest absolute Gasteiger partial charge is 0.412 e. The van der Waals surface area contributed by atoms with Gasteiger partial charge in [0.2, 0.25) is 0 Å². The number of aryl methyl sites for hydroxylation is 1. The van der Waals surface area contributed by atoms with Crippen molar-refractivity contribution in [2.45, 2.75) is 122 Å². The SMILES string of the molecule is C[C@]1(C(=O)O)CCC[C@]2(C)c3cc(OC(=O)NCCCNCCCCCCCCCCCCN)ccc3CC[C@@H]12. The van der Waals surface area contributed by atoms with Crippen LogP contribution in [0.2, 0.25) is 0 Å². The number of nitrogens with two attached hydrogens (primary N) is 1. The second-order valence-corrected chi connectivity index (χ2v) is 12.6. The lowest BCUT2D eigenvalue weighted by atomic mass is 9.50. The van der Waals surface area contributed by atoms with Gasteiger partial charge in [-0.25, -0.2) is 4.79 Å². The van der Waals surface area contributed by atoms with Gasteiger partial charge in [-0.1, -0.05) is 70.8 Å². The van der Waals surface area contributed by atoms with Crippen molar-refractivity contribution in [1.29, 1.82) is 0 Å². The Morgan fingerprint density at radius 3 is 2.25 bits per heavy atom. The van der Waals surface area contributed by atoms with E-state index in [-0.39, 0.29) is 11.3 Å². The highest BCUT2D eigenvalue weighted by molar-refractivity contribution is 5.75. The van der Waals surface area contributed by atoms with Gasteiger partial charge in [0.25, 0.3) is 0 Å². The van der Waals surface area contributed by atoms with E-state index < -0.39 is 17.5 Å². The van der Waals surface area contributed by atoms with Gasteiger partial charge in [-0.05, 0) is 106 Å². The number of amides is 1. The molecule has 0 radical (unpaired) electrons. The third-order valence-corrected chi connectivity index (χ3v) is 9.64. The molecule has 40 heavy (non-hydrogen) atoms. The number of fused-ring (bicyclic) bond motifs is 3. The van der Waals surface area contributed by atoms with Crippen LogP contribution in [0.4, 0.5) is 4.79 Å². The summed E-state index contributed by atoms with van der Waals surface area (Å²) in [7, 11) is 0. The summed E-state index contributed by atoms with van der Waals surface area (Å²) in [5.74, 6) is -0.0774. The van der Waals surface area contributed by atoms with E-state index in [4.69, 9.17) is 10.5 Å². The number of carboxylic acids is 1. The van der Waals surface area contributed by atoms with Crippen LogP contribution in [0.25, 0.3) is 0 Å². The Balaban J connectivity index is 1.29. The third kappa shape index (κ3) is 8.94. The van der Waals surface area contributed by atoms with Crippen molar-refractivity contribution >= 4 is 12.1 Å². The molecule has 0 spiro atoms. The van der Waals surface area contributed by atoms with Crippen LogP contribution in [0.15, 0.2) is 18.2 Å². The average Bonchev–Trinajstić information content (AvgIpc) is 2.93. The number of nitrogens with one attached hydrogen (secondary N) is 2. The van der Waals surface area contributed by atoms with E-state index in [9.17, 15) is 14.7 Å². The molecule has 3 atom stereocenters. The van der Waals surface area contributed by atoms with Crippen molar-refractivity contribution in [3.63, 3.8) is 0 Å². The maximum Gasteiger partial charge on any atom is 0.412 e. The first-order valence-corrected chi connectivity index (χ1v) is 16.0. The zero-order valence-electron chi connectivity index (χ0n) is 25.2. The van der Waals surface area contributed by atoms with Crippen LogP contribution in [0.5, 0.6) is 5.75 Å². The molecule has 1 amide bonds. The first-order valence-electron chi connectivity index (χ1n) is 16.0. The maximum absolute atomic E-state index is 12.4. The molecule has 1 aromatic rings. The summed E-state index contributed by atoms with van der Waals surface area (Å²) < 4.78 is 5.64. The van der Waals surface area contributed by atoms with E-state index in [1.807, 2.05) is 19.1 Å². The Bertz CT molecular complexity index is 938. The van der Waals surface area contributed by atoms with Gasteiger partial charge in [0.1, 0.15) is 5.75 Å². The highest BCUT2D eigenvalue weighted by Gasteiger charge is 2.55. The first kappa shape index (κ1) is 32.4. The fourth-order valence-electron chi connectivity index (χ4n) is 7.24. The van der Waals surface area contributed by atoms with Crippen molar-refractivity contribution in [1.82, 2.24) is 10.6 Å². The number of hydrogen-bond acceptors (Lipinski definition) is 5. The molecule has 2 aliphatic carbocycles. The van der Waals surface area contributed by atoms with E-state index in [0.717, 1.165) is 63.7 Å². The van der Waals surface area contributed by atoms with Crippen LogP contribution >= 0.6 is 0 Å². The molecule has 0 bridgehead atoms. The number of unbranched alkanes of at least 4 members (excludes halogenated alkanes) is 9. The summed E-state index contributed by atoms with van der Waals surface area (Å²) in [6.45, 7) is 7.43. The normalized spacial score (nSPS) is 23.7. The molecule has 5 N–H and O–H groups in total. The van der Waals surface area contributed by atoms with Crippen molar-refractivity contribution < 1.29 is 19.4 Å². The second kappa shape index (κ2) is 16.4. The molecule has 1 saturated carbocycles. The van der Waals surface area contributed by atoms with Crippen LogP contribution in [0.1, 0.15) is 121 Å². The molecule has 1 aromatic carbocycles. The number of rotatable bonds is 18. The number of hydrogen-bond donors (Lipinski definition) is 4. The van der Waals surface area contributed by atoms with Gasteiger partial charge >= 0.3 is 12.1 Å². The molecule has 7 heteroatoms. The predicted molar refractivity (Wildman–Crippen MR) is 162 cm³/mol. The number of benzene rings is 1. The topological polar surface area (TPSA) is 114 Å². The van der Waals surface area contributed by atoms with Crippen LogP contribution in [-0.2, 0) is 16.6 Å². The van der Waals surface area contributed by atoms with E-state index in [0.29, 0.717) is 12.3 Å². The molecular formula is C33H55N3O4. The van der Waals surface area contributed by atoms with Crippen molar-refractivity contribution in [3.05, 3.63) is 29.3 Å². The maximum atomic E-state index is 12.4. The van der Waals surface area contributed by atoms with Gasteiger partial charge < -0.3 is 26.2 Å². The average molecular weight is 558 g/mol. The third-order valence-electron chi connectivity index (χ3n) is 9.64. The molecule has 0 unspecified atom stereocenters. The lowest BCUT2D eigenvalue weighted by Crippen LogP contribution is -2.52. The molecule has 7 nitrogen and oxygen atoms in total. The van der Waals surface area contributed by atoms with Gasteiger partial charge in [0, 0.05) is 6.54 Å². The largest absolute Gasteiger partial charge is 0.481 e. The van der Waals surface area contributed by atoms with Gasteiger partial charge in [0.05, 0.1) is 5.41 Å². The molecule has 226 valence electrons. The molecule has 3 rings (SSSR count). The number of carbonyl (C=O) groups is 2. The summed E-state index contributed by atoms with van der Waals surface area (Å²) in [4.78, 5) is 24.6. The summed E-state index contributed by atoms with van der Waals surface area (Å²) in [6, 6.07) is 5.91. The Morgan fingerprint density at radius 1 is 0.925 bits per heavy atom. The zero-order valence-corrected chi connectivity index (χ0v) is 25.2. The zero-order chi connectivity index (χ0) is 28.8. The lowest BCUT2D eigenvalue weighted by Gasteiger charge is -2.53. The summed E-state index contributed by atoms with van der Waals surface area (Å²) in [6.07, 6.45) is 17.7. The minimum absolute atomic E-state index is 0.0805. The molecule has 0 saturated heterocycles. The van der Waals surface area contributed by atoms with E-state index in [2.05, 4.69) is 23.6 Å². The fourth-order valence-corrected chi connectivity index (χ4v) is 7.24. The minimum Gasteiger partial charge on any atom is -0.481 e. The van der Waals surface area contributed by atoms with Crippen LogP contribution in [0.3, 0.4) is 0 Å². The van der Waals surface area contributed by atoms with Crippen LogP contribution in [-0.4, -0.2) is 43.3 Å². The Hall–Kier alpha value is -2.12. The van der Waals surface area contributed by atoms with E-state index >= 15 is 0 Å². The molecule has 0 aromatic heterocycles. The monoisotopic (exact) mass is 557 g/mol. The number of carbonyl (C=O) groups excluding carboxylic acids is 1. The lowest BCUT2D eigenvalue weighted by molar-refractivity contribution is -0.157. The highest BCUT2D eigenvalue weighted by atomic mass is 16.6. The molecule has 0 aliphatic heterocycles. The Kier molecular flexibility index (Phi) is 13.2. The minimum atomic E-state index is -0.711. The molecule has 1 fully saturated rings. The summed E-state index contributed by atoms with van der Waals surface area (Å²) in [5, 5.41) is 16.4. The summed E-state index contributed by atoms with van der Waals surface area (Å²) >= 11 is 0. The molecule has 2 aliphatic rings. The van der Waals surface area contributed by atoms with Gasteiger partial charge in [-0.2, -0.15) is 0 Å². The van der Waals surface area contributed by atoms with Gasteiger partial charge in [-0.3, -0.25) is 4.79 Å². The van der Waals surface area contributed by atoms with Crippen molar-refractivity contribution in [3.8, 4) is 5.75 Å². The standard InChI is InChI=1S/C33H55N3O4/c1-32-19-13-20-33(2,30(37)38)29(32)18-16-26-15-17-27(25-28(26)32)40-31(39)36-24-14-23-35-22-12-10-8-6-4-3-5-7-9-11-21-34/h15,17,25,29,35H,3-14,16,18-24,34H2,1-2H3,(H,36,39)(H,37,38)/t29-,32-,33+/m1/s1. The van der Waals surface area contributed by atoms with E-state index in [1.165, 1.54) is 69.8 Å². The van der Waals surface area contributed by atoms with E-state index in [1.54, 1.807) is 0 Å². The molecular weight excluding hydrogens is 502 g/mol. The van der Waals surface area contributed by atoms with Gasteiger partial charge in [0.15, 0.2) is 0 Å². The molecule has 0 heterocycles. The predicted octanol–water partition coefficient (Wildman–Crippen LogP) is 6.71. The quantitative estimate of drug-likeness (QED) is 0.149. The highest BCUT2D eigenvalue weighted by Crippen LogP contribution is 2.57. The number of aliphatic carboxylic acids is 1.